The van der Waals surface area contributed by atoms with Crippen molar-refractivity contribution in [2.45, 2.75) is 153 Å². The quantitative estimate of drug-likeness (QED) is 0.113. The fourth-order valence-corrected chi connectivity index (χ4v) is 7.52. The van der Waals surface area contributed by atoms with E-state index in [4.69, 9.17) is 14.2 Å². The first-order valence-corrected chi connectivity index (χ1v) is 18.5. The second-order valence-corrected chi connectivity index (χ2v) is 15.5. The SMILES string of the molecule is CCC(O)C(C)C1OC1CC(C)(O)/C=C/C=C(\C)C1OC(=O)CC(O)CCC(C)(O)C(OC(=O)N2CCN(C3CCCC3)CC2)/C=C/C1C. The van der Waals surface area contributed by atoms with Gasteiger partial charge in [0.2, 0.25) is 0 Å². The van der Waals surface area contributed by atoms with E-state index in [0.717, 1.165) is 13.1 Å². The molecule has 3 heterocycles. The number of hydrogen-bond acceptors (Lipinski definition) is 10. The van der Waals surface area contributed by atoms with Crippen LogP contribution in [-0.2, 0) is 19.0 Å². The van der Waals surface area contributed by atoms with Gasteiger partial charge in [-0.05, 0) is 64.5 Å². The standard InChI is InChI=1S/C38H62N2O9/c1-7-30(42)27(4)35-31(47-35)24-37(5,45)17-10-11-25(2)34-26(3)14-15-32(38(6,46)18-16-29(41)23-33(43)49-34)48-36(44)40-21-19-39(20-22-40)28-12-8-9-13-28/h10-11,14-15,17,26-32,34-35,41-42,45-46H,7-9,12-13,16,18-24H2,1-6H3/b15-14+,17-10+,25-11+. The van der Waals surface area contributed by atoms with Crippen molar-refractivity contribution in [3.05, 3.63) is 36.0 Å². The second-order valence-electron chi connectivity index (χ2n) is 15.5. The first kappa shape index (κ1) is 39.5. The van der Waals surface area contributed by atoms with Gasteiger partial charge in [-0.2, -0.15) is 0 Å². The van der Waals surface area contributed by atoms with Gasteiger partial charge in [0, 0.05) is 50.5 Å². The Hall–Kier alpha value is -2.28. The van der Waals surface area contributed by atoms with Crippen LogP contribution in [0.2, 0.25) is 0 Å². The van der Waals surface area contributed by atoms with E-state index in [9.17, 15) is 30.0 Å². The van der Waals surface area contributed by atoms with Gasteiger partial charge in [0.15, 0.2) is 6.10 Å². The van der Waals surface area contributed by atoms with Gasteiger partial charge >= 0.3 is 12.1 Å². The molecule has 11 nitrogen and oxygen atoms in total. The summed E-state index contributed by atoms with van der Waals surface area (Å²) < 4.78 is 17.6. The number of allylic oxidation sites excluding steroid dienone is 2. The minimum absolute atomic E-state index is 0.00965. The van der Waals surface area contributed by atoms with Crippen LogP contribution < -0.4 is 0 Å². The smallest absolute Gasteiger partial charge is 0.410 e. The van der Waals surface area contributed by atoms with Crippen molar-refractivity contribution in [2.24, 2.45) is 11.8 Å². The summed E-state index contributed by atoms with van der Waals surface area (Å²) in [7, 11) is 0. The normalized spacial score (nSPS) is 35.9. The number of esters is 1. The molecule has 10 atom stereocenters. The lowest BCUT2D eigenvalue weighted by Gasteiger charge is -2.39. The van der Waals surface area contributed by atoms with Crippen LogP contribution in [0.1, 0.15) is 99.3 Å². The number of epoxide rings is 1. The largest absolute Gasteiger partial charge is 0.457 e. The van der Waals surface area contributed by atoms with Crippen molar-refractivity contribution < 1.29 is 44.2 Å². The zero-order valence-corrected chi connectivity index (χ0v) is 30.5. The Balaban J connectivity index is 1.43. The third-order valence-corrected chi connectivity index (χ3v) is 11.0. The number of aliphatic hydroxyl groups is 4. The first-order valence-electron chi connectivity index (χ1n) is 18.5. The fourth-order valence-electron chi connectivity index (χ4n) is 7.52. The Morgan fingerprint density at radius 1 is 1.18 bits per heavy atom. The summed E-state index contributed by atoms with van der Waals surface area (Å²) >= 11 is 0. The molecule has 10 unspecified atom stereocenters. The summed E-state index contributed by atoms with van der Waals surface area (Å²) in [6.45, 7) is 13.6. The lowest BCUT2D eigenvalue weighted by Crippen LogP contribution is -2.53. The summed E-state index contributed by atoms with van der Waals surface area (Å²) in [6.07, 6.45) is 10.8. The zero-order chi connectivity index (χ0) is 35.9. The Morgan fingerprint density at radius 3 is 2.51 bits per heavy atom. The predicted octanol–water partition coefficient (Wildman–Crippen LogP) is 4.27. The van der Waals surface area contributed by atoms with Crippen LogP contribution >= 0.6 is 0 Å². The Kier molecular flexibility index (Phi) is 13.9. The van der Waals surface area contributed by atoms with Crippen LogP contribution in [0.4, 0.5) is 4.79 Å². The molecular weight excluding hydrogens is 628 g/mol. The number of rotatable bonds is 10. The predicted molar refractivity (Wildman–Crippen MR) is 187 cm³/mol. The number of carbonyl (C=O) groups excluding carboxylic acids is 2. The van der Waals surface area contributed by atoms with Gasteiger partial charge in [-0.25, -0.2) is 4.79 Å². The van der Waals surface area contributed by atoms with Gasteiger partial charge in [0.05, 0.1) is 36.4 Å². The molecule has 278 valence electrons. The molecule has 3 fully saturated rings. The minimum atomic E-state index is -1.48. The molecule has 0 radical (unpaired) electrons. The molecule has 4 aliphatic rings. The van der Waals surface area contributed by atoms with E-state index < -0.39 is 47.7 Å². The maximum absolute atomic E-state index is 13.3. The molecule has 2 saturated heterocycles. The average molecular weight is 691 g/mol. The van der Waals surface area contributed by atoms with E-state index in [1.807, 2.05) is 27.7 Å². The Morgan fingerprint density at radius 2 is 1.86 bits per heavy atom. The lowest BCUT2D eigenvalue weighted by atomic mass is 9.88. The van der Waals surface area contributed by atoms with Crippen LogP contribution in [0.15, 0.2) is 36.0 Å². The van der Waals surface area contributed by atoms with Gasteiger partial charge in [0.1, 0.15) is 11.7 Å². The molecule has 3 aliphatic heterocycles. The molecule has 4 rings (SSSR count). The molecule has 0 spiro atoms. The van der Waals surface area contributed by atoms with Crippen molar-refractivity contribution in [3.8, 4) is 0 Å². The monoisotopic (exact) mass is 690 g/mol. The molecule has 0 bridgehead atoms. The summed E-state index contributed by atoms with van der Waals surface area (Å²) in [5.74, 6) is -0.934. The van der Waals surface area contributed by atoms with Crippen LogP contribution in [-0.4, -0.2) is 122 Å². The summed E-state index contributed by atoms with van der Waals surface area (Å²) in [6, 6.07) is 0.601. The molecular formula is C38H62N2O9. The molecule has 11 heteroatoms. The second kappa shape index (κ2) is 17.3. The van der Waals surface area contributed by atoms with Gasteiger partial charge < -0.3 is 39.5 Å². The minimum Gasteiger partial charge on any atom is -0.457 e. The number of hydrogen-bond donors (Lipinski definition) is 4. The molecule has 1 amide bonds. The molecule has 1 saturated carbocycles. The van der Waals surface area contributed by atoms with Crippen LogP contribution in [0.5, 0.6) is 0 Å². The summed E-state index contributed by atoms with van der Waals surface area (Å²) in [5.41, 5.74) is -1.92. The number of carbonyl (C=O) groups is 2. The van der Waals surface area contributed by atoms with Crippen LogP contribution in [0.3, 0.4) is 0 Å². The molecule has 0 aromatic heterocycles. The van der Waals surface area contributed by atoms with E-state index in [1.54, 1.807) is 49.1 Å². The maximum atomic E-state index is 13.3. The molecule has 4 N–H and O–H groups in total. The first-order chi connectivity index (χ1) is 23.1. The molecule has 1 aliphatic carbocycles. The summed E-state index contributed by atoms with van der Waals surface area (Å²) in [4.78, 5) is 30.4. The highest BCUT2D eigenvalue weighted by Crippen LogP contribution is 2.37. The van der Waals surface area contributed by atoms with Crippen molar-refractivity contribution in [1.29, 1.82) is 0 Å². The van der Waals surface area contributed by atoms with E-state index in [-0.39, 0.29) is 43.3 Å². The van der Waals surface area contributed by atoms with Crippen molar-refractivity contribution >= 4 is 12.1 Å². The highest BCUT2D eigenvalue weighted by molar-refractivity contribution is 5.70. The van der Waals surface area contributed by atoms with E-state index in [2.05, 4.69) is 4.90 Å². The highest BCUT2D eigenvalue weighted by atomic mass is 16.6. The number of piperazine rings is 1. The zero-order valence-electron chi connectivity index (χ0n) is 30.5. The van der Waals surface area contributed by atoms with E-state index >= 15 is 0 Å². The summed E-state index contributed by atoms with van der Waals surface area (Å²) in [5, 5.41) is 43.3. The van der Waals surface area contributed by atoms with Crippen LogP contribution in [0, 0.1) is 11.8 Å². The average Bonchev–Trinajstić information content (AvgIpc) is 3.57. The number of nitrogens with zero attached hydrogens (tertiary/aromatic N) is 2. The molecule has 0 aromatic rings. The fraction of sp³-hybridized carbons (Fsp3) is 0.789. The third-order valence-electron chi connectivity index (χ3n) is 11.0. The van der Waals surface area contributed by atoms with Gasteiger partial charge in [-0.15, -0.1) is 0 Å². The molecule has 0 aromatic carbocycles. The molecule has 49 heavy (non-hydrogen) atoms. The maximum Gasteiger partial charge on any atom is 0.410 e. The number of aliphatic hydroxyl groups excluding tert-OH is 2. The number of ether oxygens (including phenoxy) is 3. The Labute approximate surface area is 293 Å². The van der Waals surface area contributed by atoms with E-state index in [0.29, 0.717) is 37.5 Å². The van der Waals surface area contributed by atoms with Gasteiger partial charge in [-0.1, -0.05) is 57.9 Å². The third kappa shape index (κ3) is 11.4. The van der Waals surface area contributed by atoms with Gasteiger partial charge in [0.25, 0.3) is 0 Å². The number of cyclic esters (lactones) is 1. The van der Waals surface area contributed by atoms with E-state index in [1.165, 1.54) is 25.7 Å². The number of amides is 1. The lowest BCUT2D eigenvalue weighted by molar-refractivity contribution is -0.151. The van der Waals surface area contributed by atoms with Crippen molar-refractivity contribution in [1.82, 2.24) is 9.80 Å². The van der Waals surface area contributed by atoms with Crippen molar-refractivity contribution in [2.75, 3.05) is 26.2 Å². The van der Waals surface area contributed by atoms with Gasteiger partial charge in [-0.3, -0.25) is 9.69 Å². The van der Waals surface area contributed by atoms with Crippen molar-refractivity contribution in [3.63, 3.8) is 0 Å². The van der Waals surface area contributed by atoms with Crippen LogP contribution in [0.25, 0.3) is 0 Å². The topological polar surface area (TPSA) is 153 Å². The Bertz CT molecular complexity index is 1190. The highest BCUT2D eigenvalue weighted by Gasteiger charge is 2.47.